The molecule has 2 aromatic rings. The predicted octanol–water partition coefficient (Wildman–Crippen LogP) is 3.62. The van der Waals surface area contributed by atoms with E-state index in [1.54, 1.807) is 22.7 Å². The van der Waals surface area contributed by atoms with Crippen molar-refractivity contribution in [3.63, 3.8) is 0 Å². The standard InChI is InChI=1S/C23H23NO4S/c1-15-8-9-16(2)18(12-15)20(25)13-28-22(27)19-14-29-23(11-10-21(26)24(19)23)17-6-4-3-5-7-17/h3-9,12,19H,10-11,13-14H2,1-2H3/t19-,23+/m0/s1. The van der Waals surface area contributed by atoms with Crippen LogP contribution in [0, 0.1) is 13.8 Å². The van der Waals surface area contributed by atoms with Crippen LogP contribution in [0.4, 0.5) is 0 Å². The molecular formula is C23H23NO4S. The number of hydrogen-bond donors (Lipinski definition) is 0. The normalized spacial score (nSPS) is 23.2. The van der Waals surface area contributed by atoms with Crippen LogP contribution in [0.15, 0.2) is 48.5 Å². The molecule has 0 bridgehead atoms. The molecular weight excluding hydrogens is 386 g/mol. The number of carbonyl (C=O) groups excluding carboxylic acids is 3. The number of aryl methyl sites for hydroxylation is 2. The van der Waals surface area contributed by atoms with Gasteiger partial charge in [-0.2, -0.15) is 0 Å². The van der Waals surface area contributed by atoms with Crippen molar-refractivity contribution in [3.05, 3.63) is 70.8 Å². The second-order valence-corrected chi connectivity index (χ2v) is 8.89. The summed E-state index contributed by atoms with van der Waals surface area (Å²) in [5.74, 6) is -0.310. The fourth-order valence-corrected chi connectivity index (χ4v) is 5.80. The maximum Gasteiger partial charge on any atom is 0.330 e. The van der Waals surface area contributed by atoms with Gasteiger partial charge in [0.15, 0.2) is 6.61 Å². The second kappa shape index (κ2) is 7.67. The van der Waals surface area contributed by atoms with Crippen molar-refractivity contribution < 1.29 is 19.1 Å². The zero-order valence-electron chi connectivity index (χ0n) is 16.5. The van der Waals surface area contributed by atoms with Gasteiger partial charge in [-0.15, -0.1) is 11.8 Å². The highest BCUT2D eigenvalue weighted by Crippen LogP contribution is 2.54. The third-order valence-corrected chi connectivity index (χ3v) is 7.26. The number of esters is 1. The molecule has 4 rings (SSSR count). The van der Waals surface area contributed by atoms with Gasteiger partial charge in [0.1, 0.15) is 10.9 Å². The van der Waals surface area contributed by atoms with Gasteiger partial charge in [-0.3, -0.25) is 9.59 Å². The zero-order chi connectivity index (χ0) is 20.6. The maximum absolute atomic E-state index is 12.8. The van der Waals surface area contributed by atoms with Crippen LogP contribution in [0.5, 0.6) is 0 Å². The summed E-state index contributed by atoms with van der Waals surface area (Å²) in [5, 5.41) is 0. The van der Waals surface area contributed by atoms with Crippen molar-refractivity contribution in [1.82, 2.24) is 4.90 Å². The topological polar surface area (TPSA) is 63.7 Å². The smallest absolute Gasteiger partial charge is 0.330 e. The number of nitrogens with zero attached hydrogens (tertiary/aromatic N) is 1. The molecule has 0 radical (unpaired) electrons. The summed E-state index contributed by atoms with van der Waals surface area (Å²) < 4.78 is 5.38. The van der Waals surface area contributed by atoms with Gasteiger partial charge in [0.25, 0.3) is 0 Å². The van der Waals surface area contributed by atoms with E-state index in [0.717, 1.165) is 16.7 Å². The Bertz CT molecular complexity index is 974. The average Bonchev–Trinajstić information content (AvgIpc) is 3.28. The number of thioether (sulfide) groups is 1. The zero-order valence-corrected chi connectivity index (χ0v) is 17.3. The van der Waals surface area contributed by atoms with Crippen LogP contribution < -0.4 is 0 Å². The molecule has 0 aliphatic carbocycles. The number of rotatable bonds is 5. The largest absolute Gasteiger partial charge is 0.456 e. The average molecular weight is 410 g/mol. The van der Waals surface area contributed by atoms with Crippen molar-refractivity contribution >= 4 is 29.4 Å². The van der Waals surface area contributed by atoms with E-state index in [9.17, 15) is 14.4 Å². The summed E-state index contributed by atoms with van der Waals surface area (Å²) >= 11 is 1.61. The molecule has 2 aromatic carbocycles. The molecule has 6 heteroatoms. The number of ketones is 1. The van der Waals surface area contributed by atoms with E-state index in [1.165, 1.54) is 0 Å². The highest BCUT2D eigenvalue weighted by Gasteiger charge is 2.57. The Morgan fingerprint density at radius 1 is 1.17 bits per heavy atom. The van der Waals surface area contributed by atoms with Crippen molar-refractivity contribution in [3.8, 4) is 0 Å². The lowest BCUT2D eigenvalue weighted by atomic mass is 10.0. The van der Waals surface area contributed by atoms with Crippen LogP contribution in [0.1, 0.15) is 39.9 Å². The Hall–Kier alpha value is -2.60. The Balaban J connectivity index is 1.49. The summed E-state index contributed by atoms with van der Waals surface area (Å²) in [6, 6.07) is 14.8. The first-order valence-electron chi connectivity index (χ1n) is 9.71. The SMILES string of the molecule is Cc1ccc(C)c(C(=O)COC(=O)[C@@H]2CS[C@@]3(c4ccccc4)CCC(=O)N23)c1. The number of amides is 1. The van der Waals surface area contributed by atoms with Crippen LogP contribution in [0.25, 0.3) is 0 Å². The molecule has 0 aromatic heterocycles. The minimum Gasteiger partial charge on any atom is -0.456 e. The summed E-state index contributed by atoms with van der Waals surface area (Å²) in [6.07, 6.45) is 1.08. The molecule has 2 aliphatic rings. The first-order valence-corrected chi connectivity index (χ1v) is 10.7. The van der Waals surface area contributed by atoms with Gasteiger partial charge >= 0.3 is 5.97 Å². The Labute approximate surface area is 174 Å². The van der Waals surface area contributed by atoms with E-state index in [0.29, 0.717) is 24.2 Å². The van der Waals surface area contributed by atoms with Crippen LogP contribution in [-0.4, -0.2) is 41.0 Å². The monoisotopic (exact) mass is 409 g/mol. The van der Waals surface area contributed by atoms with E-state index in [-0.39, 0.29) is 18.3 Å². The molecule has 0 spiro atoms. The fraction of sp³-hybridized carbons (Fsp3) is 0.348. The molecule has 0 saturated carbocycles. The molecule has 2 heterocycles. The quantitative estimate of drug-likeness (QED) is 0.558. The predicted molar refractivity (Wildman–Crippen MR) is 112 cm³/mol. The molecule has 2 aliphatic heterocycles. The number of ether oxygens (including phenoxy) is 1. The number of Topliss-reactive ketones (excluding diaryl/α,β-unsaturated/α-hetero) is 1. The van der Waals surface area contributed by atoms with Gasteiger partial charge in [0.2, 0.25) is 11.7 Å². The summed E-state index contributed by atoms with van der Waals surface area (Å²) in [4.78, 5) is 39.2. The summed E-state index contributed by atoms with van der Waals surface area (Å²) in [5.41, 5.74) is 3.42. The highest BCUT2D eigenvalue weighted by molar-refractivity contribution is 8.00. The van der Waals surface area contributed by atoms with Gasteiger partial charge in [-0.25, -0.2) is 4.79 Å². The molecule has 2 atom stereocenters. The molecule has 29 heavy (non-hydrogen) atoms. The third kappa shape index (κ3) is 3.46. The summed E-state index contributed by atoms with van der Waals surface area (Å²) in [7, 11) is 0. The minimum absolute atomic E-state index is 0.0401. The number of hydrogen-bond acceptors (Lipinski definition) is 5. The first kappa shape index (κ1) is 19.7. The Morgan fingerprint density at radius 3 is 2.69 bits per heavy atom. The van der Waals surface area contributed by atoms with Crippen LogP contribution in [-0.2, 0) is 19.2 Å². The molecule has 150 valence electrons. The van der Waals surface area contributed by atoms with E-state index >= 15 is 0 Å². The lowest BCUT2D eigenvalue weighted by molar-refractivity contribution is -0.152. The minimum atomic E-state index is -0.665. The van der Waals surface area contributed by atoms with Crippen molar-refractivity contribution in [1.29, 1.82) is 0 Å². The van der Waals surface area contributed by atoms with Gasteiger partial charge in [0.05, 0.1) is 0 Å². The van der Waals surface area contributed by atoms with Crippen LogP contribution in [0.2, 0.25) is 0 Å². The molecule has 2 fully saturated rings. The molecule has 0 unspecified atom stereocenters. The van der Waals surface area contributed by atoms with E-state index in [2.05, 4.69) is 0 Å². The molecule has 0 N–H and O–H groups in total. The van der Waals surface area contributed by atoms with E-state index < -0.39 is 16.9 Å². The summed E-state index contributed by atoms with van der Waals surface area (Å²) in [6.45, 7) is 3.46. The van der Waals surface area contributed by atoms with Crippen LogP contribution >= 0.6 is 11.8 Å². The van der Waals surface area contributed by atoms with E-state index in [4.69, 9.17) is 4.74 Å². The maximum atomic E-state index is 12.8. The van der Waals surface area contributed by atoms with Crippen molar-refractivity contribution in [2.45, 2.75) is 37.6 Å². The second-order valence-electron chi connectivity index (χ2n) is 7.59. The number of carbonyl (C=O) groups is 3. The van der Waals surface area contributed by atoms with Gasteiger partial charge < -0.3 is 9.64 Å². The highest BCUT2D eigenvalue weighted by atomic mass is 32.2. The van der Waals surface area contributed by atoms with Gasteiger partial charge in [0, 0.05) is 17.7 Å². The molecule has 1 amide bonds. The van der Waals surface area contributed by atoms with Crippen molar-refractivity contribution in [2.75, 3.05) is 12.4 Å². The van der Waals surface area contributed by atoms with E-state index in [1.807, 2.05) is 56.3 Å². The molecule has 5 nitrogen and oxygen atoms in total. The number of fused-ring (bicyclic) bond motifs is 1. The van der Waals surface area contributed by atoms with Crippen LogP contribution in [0.3, 0.4) is 0 Å². The van der Waals surface area contributed by atoms with Gasteiger partial charge in [-0.05, 0) is 37.5 Å². The fourth-order valence-electron chi connectivity index (χ4n) is 4.16. The number of benzene rings is 2. The van der Waals surface area contributed by atoms with Gasteiger partial charge in [-0.1, -0.05) is 48.0 Å². The third-order valence-electron chi connectivity index (χ3n) is 5.66. The molecule has 2 saturated heterocycles. The first-order chi connectivity index (χ1) is 13.9. The Morgan fingerprint density at radius 2 is 1.93 bits per heavy atom. The lowest BCUT2D eigenvalue weighted by Gasteiger charge is -2.33. The Kier molecular flexibility index (Phi) is 5.21. The van der Waals surface area contributed by atoms with Crippen molar-refractivity contribution in [2.24, 2.45) is 0 Å². The lowest BCUT2D eigenvalue weighted by Crippen LogP contribution is -2.47.